The number of guanidine groups is 1. The third-order valence-corrected chi connectivity index (χ3v) is 5.30. The van der Waals surface area contributed by atoms with Crippen LogP contribution in [0.3, 0.4) is 0 Å². The number of methoxy groups -OCH3 is 1. The van der Waals surface area contributed by atoms with Crippen molar-refractivity contribution in [1.29, 1.82) is 0 Å². The molecule has 0 spiro atoms. The van der Waals surface area contributed by atoms with Crippen molar-refractivity contribution in [2.45, 2.75) is 26.9 Å². The quantitative estimate of drug-likeness (QED) is 0.454. The fraction of sp³-hybridized carbons (Fsp3) is 0.286. The Morgan fingerprint density at radius 3 is 2.55 bits per heavy atom. The first-order chi connectivity index (χ1) is 14.1. The summed E-state index contributed by atoms with van der Waals surface area (Å²) in [5.74, 6) is 2.66. The lowest BCUT2D eigenvalue weighted by Crippen LogP contribution is -2.36. The second-order valence-corrected chi connectivity index (χ2v) is 7.60. The molecule has 0 amide bonds. The number of aryl methyl sites for hydroxylation is 2. The molecule has 0 aliphatic carbocycles. The number of nitrogens with zero attached hydrogens (tertiary/aromatic N) is 3. The molecule has 3 aromatic rings. The van der Waals surface area contributed by atoms with Crippen LogP contribution in [0.2, 0.25) is 0 Å². The number of ether oxygens (including phenoxy) is 2. The number of thiazole rings is 1. The van der Waals surface area contributed by atoms with Gasteiger partial charge in [-0.2, -0.15) is 0 Å². The van der Waals surface area contributed by atoms with Crippen LogP contribution in [0, 0.1) is 13.8 Å². The summed E-state index contributed by atoms with van der Waals surface area (Å²) in [6.07, 6.45) is 1.78. The fourth-order valence-corrected chi connectivity index (χ4v) is 3.42. The smallest absolute Gasteiger partial charge is 0.219 e. The van der Waals surface area contributed by atoms with Crippen LogP contribution >= 0.6 is 11.3 Å². The van der Waals surface area contributed by atoms with Gasteiger partial charge in [-0.15, -0.1) is 11.3 Å². The van der Waals surface area contributed by atoms with Crippen molar-refractivity contribution >= 4 is 17.3 Å². The van der Waals surface area contributed by atoms with E-state index in [1.165, 1.54) is 4.88 Å². The standard InChI is InChI=1S/C21H25N5O2S/c1-14-15(2)29-20(26-14)13-25-21(22-3)24-12-16-8-9-19(23-11-16)28-18-7-5-6-17(10-18)27-4/h5-11H,12-13H2,1-4H3,(H2,22,24,25). The Morgan fingerprint density at radius 2 is 1.90 bits per heavy atom. The third-order valence-electron chi connectivity index (χ3n) is 4.22. The maximum absolute atomic E-state index is 5.77. The first kappa shape index (κ1) is 20.6. The number of pyridine rings is 1. The number of aromatic nitrogens is 2. The molecular weight excluding hydrogens is 386 g/mol. The van der Waals surface area contributed by atoms with Gasteiger partial charge in [0.25, 0.3) is 0 Å². The van der Waals surface area contributed by atoms with Gasteiger partial charge in [-0.25, -0.2) is 9.97 Å². The molecule has 0 aliphatic heterocycles. The zero-order valence-electron chi connectivity index (χ0n) is 17.0. The van der Waals surface area contributed by atoms with Crippen LogP contribution in [-0.2, 0) is 13.1 Å². The summed E-state index contributed by atoms with van der Waals surface area (Å²) in [6.45, 7) is 5.35. The molecule has 0 fully saturated rings. The second-order valence-electron chi connectivity index (χ2n) is 6.31. The molecule has 2 N–H and O–H groups in total. The van der Waals surface area contributed by atoms with E-state index in [4.69, 9.17) is 9.47 Å². The molecule has 0 saturated carbocycles. The van der Waals surface area contributed by atoms with Gasteiger partial charge in [0.1, 0.15) is 16.5 Å². The van der Waals surface area contributed by atoms with Gasteiger partial charge in [0.15, 0.2) is 5.96 Å². The summed E-state index contributed by atoms with van der Waals surface area (Å²) in [5.41, 5.74) is 2.10. The molecule has 29 heavy (non-hydrogen) atoms. The van der Waals surface area contributed by atoms with Crippen molar-refractivity contribution in [3.63, 3.8) is 0 Å². The third kappa shape index (κ3) is 5.92. The van der Waals surface area contributed by atoms with E-state index in [0.717, 1.165) is 22.0 Å². The molecule has 1 aromatic carbocycles. The largest absolute Gasteiger partial charge is 0.497 e. The average Bonchev–Trinajstić information content (AvgIpc) is 3.07. The minimum atomic E-state index is 0.527. The Balaban J connectivity index is 1.50. The first-order valence-electron chi connectivity index (χ1n) is 9.21. The lowest BCUT2D eigenvalue weighted by atomic mass is 10.3. The van der Waals surface area contributed by atoms with Crippen molar-refractivity contribution in [2.75, 3.05) is 14.2 Å². The lowest BCUT2D eigenvalue weighted by molar-refractivity contribution is 0.407. The van der Waals surface area contributed by atoms with Crippen molar-refractivity contribution < 1.29 is 9.47 Å². The summed E-state index contributed by atoms with van der Waals surface area (Å²) in [7, 11) is 3.37. The van der Waals surface area contributed by atoms with E-state index >= 15 is 0 Å². The number of rotatable bonds is 7. The number of benzene rings is 1. The van der Waals surface area contributed by atoms with Gasteiger partial charge in [-0.3, -0.25) is 4.99 Å². The van der Waals surface area contributed by atoms with Gasteiger partial charge < -0.3 is 20.1 Å². The van der Waals surface area contributed by atoms with Crippen LogP contribution in [0.25, 0.3) is 0 Å². The van der Waals surface area contributed by atoms with E-state index in [9.17, 15) is 0 Å². The first-order valence-corrected chi connectivity index (χ1v) is 10.0. The molecular formula is C21H25N5O2S. The highest BCUT2D eigenvalue weighted by Crippen LogP contribution is 2.23. The Hall–Kier alpha value is -3.13. The summed E-state index contributed by atoms with van der Waals surface area (Å²) in [4.78, 5) is 14.4. The Morgan fingerprint density at radius 1 is 1.10 bits per heavy atom. The zero-order chi connectivity index (χ0) is 20.6. The SMILES string of the molecule is CN=C(NCc1ccc(Oc2cccc(OC)c2)nc1)NCc1nc(C)c(C)s1. The zero-order valence-corrected chi connectivity index (χ0v) is 17.8. The number of hydrogen-bond donors (Lipinski definition) is 2. The van der Waals surface area contributed by atoms with Crippen LogP contribution in [0.15, 0.2) is 47.6 Å². The average molecular weight is 412 g/mol. The van der Waals surface area contributed by atoms with E-state index in [-0.39, 0.29) is 0 Å². The predicted molar refractivity (Wildman–Crippen MR) is 116 cm³/mol. The monoisotopic (exact) mass is 411 g/mol. The van der Waals surface area contributed by atoms with Gasteiger partial charge in [0, 0.05) is 36.8 Å². The highest BCUT2D eigenvalue weighted by molar-refractivity contribution is 7.11. The minimum absolute atomic E-state index is 0.527. The molecule has 0 saturated heterocycles. The molecule has 0 bridgehead atoms. The summed E-state index contributed by atoms with van der Waals surface area (Å²) in [6, 6.07) is 11.2. The van der Waals surface area contributed by atoms with Crippen molar-refractivity contribution in [1.82, 2.24) is 20.6 Å². The van der Waals surface area contributed by atoms with Gasteiger partial charge in [-0.05, 0) is 31.5 Å². The molecule has 0 radical (unpaired) electrons. The second kappa shape index (κ2) is 9.88. The Labute approximate surface area is 174 Å². The Bertz CT molecular complexity index is 950. The highest BCUT2D eigenvalue weighted by Gasteiger charge is 2.06. The van der Waals surface area contributed by atoms with Crippen LogP contribution in [0.5, 0.6) is 17.4 Å². The fourth-order valence-electron chi connectivity index (χ4n) is 2.54. The molecule has 2 heterocycles. The molecule has 0 unspecified atom stereocenters. The van der Waals surface area contributed by atoms with Crippen molar-refractivity contribution in [3.8, 4) is 17.4 Å². The molecule has 0 atom stereocenters. The molecule has 0 aliphatic rings. The van der Waals surface area contributed by atoms with E-state index in [0.29, 0.717) is 30.7 Å². The lowest BCUT2D eigenvalue weighted by Gasteiger charge is -2.11. The van der Waals surface area contributed by atoms with E-state index in [1.54, 1.807) is 31.7 Å². The number of aliphatic imine (C=N–C) groups is 1. The van der Waals surface area contributed by atoms with E-state index in [2.05, 4.69) is 32.5 Å². The normalized spacial score (nSPS) is 11.2. The Kier molecular flexibility index (Phi) is 7.02. The van der Waals surface area contributed by atoms with Crippen molar-refractivity contribution in [2.24, 2.45) is 4.99 Å². The number of hydrogen-bond acceptors (Lipinski definition) is 6. The summed E-state index contributed by atoms with van der Waals surface area (Å²) in [5, 5.41) is 7.61. The van der Waals surface area contributed by atoms with Gasteiger partial charge in [-0.1, -0.05) is 12.1 Å². The molecule has 152 valence electrons. The maximum Gasteiger partial charge on any atom is 0.219 e. The molecule has 2 aromatic heterocycles. The van der Waals surface area contributed by atoms with Gasteiger partial charge in [0.2, 0.25) is 5.88 Å². The van der Waals surface area contributed by atoms with Crippen molar-refractivity contribution in [3.05, 3.63) is 63.7 Å². The maximum atomic E-state index is 5.77. The predicted octanol–water partition coefficient (Wildman–Crippen LogP) is 3.82. The molecule has 8 heteroatoms. The summed E-state index contributed by atoms with van der Waals surface area (Å²) < 4.78 is 11.0. The van der Waals surface area contributed by atoms with E-state index in [1.807, 2.05) is 43.3 Å². The van der Waals surface area contributed by atoms with E-state index < -0.39 is 0 Å². The highest BCUT2D eigenvalue weighted by atomic mass is 32.1. The van der Waals surface area contributed by atoms with Crippen LogP contribution in [0.4, 0.5) is 0 Å². The van der Waals surface area contributed by atoms with Crippen LogP contribution in [0.1, 0.15) is 21.1 Å². The molecule has 3 rings (SSSR count). The van der Waals surface area contributed by atoms with Crippen LogP contribution < -0.4 is 20.1 Å². The number of nitrogens with one attached hydrogen (secondary N) is 2. The van der Waals surface area contributed by atoms with Crippen LogP contribution in [-0.4, -0.2) is 30.1 Å². The van der Waals surface area contributed by atoms with Gasteiger partial charge >= 0.3 is 0 Å². The van der Waals surface area contributed by atoms with Gasteiger partial charge in [0.05, 0.1) is 19.3 Å². The molecule has 7 nitrogen and oxygen atoms in total. The minimum Gasteiger partial charge on any atom is -0.497 e. The summed E-state index contributed by atoms with van der Waals surface area (Å²) >= 11 is 1.70. The topological polar surface area (TPSA) is 80.7 Å².